The molecule has 1 aliphatic heterocycles. The molecule has 5 heterocycles. The van der Waals surface area contributed by atoms with Gasteiger partial charge in [-0.05, 0) is 31.0 Å². The molecule has 1 amide bonds. The molecular weight excluding hydrogens is 428 g/mol. The molecule has 4 aromatic rings. The highest BCUT2D eigenvalue weighted by molar-refractivity contribution is 6.15. The molecule has 0 radical (unpaired) electrons. The second kappa shape index (κ2) is 8.58. The molecule has 0 atom stereocenters. The Balaban J connectivity index is 1.35. The van der Waals surface area contributed by atoms with Crippen LogP contribution in [0.25, 0.3) is 22.3 Å². The molecule has 9 heteroatoms. The number of carbonyl (C=O) groups excluding carboxylic acids is 1. The number of nitrogens with one attached hydrogen (secondary N) is 2. The molecule has 1 saturated carbocycles. The maximum absolute atomic E-state index is 12.6. The third kappa shape index (κ3) is 3.85. The molecular formula is C25H22N8O. The van der Waals surface area contributed by atoms with E-state index < -0.39 is 0 Å². The summed E-state index contributed by atoms with van der Waals surface area (Å²) in [5, 5.41) is 3.02. The summed E-state index contributed by atoms with van der Waals surface area (Å²) in [6.45, 7) is 0.479. The van der Waals surface area contributed by atoms with E-state index in [1.807, 2.05) is 24.4 Å². The van der Waals surface area contributed by atoms with Crippen molar-refractivity contribution in [2.75, 3.05) is 5.32 Å². The minimum atomic E-state index is 0.0669. The number of anilines is 1. The second-order valence-electron chi connectivity index (χ2n) is 8.57. The highest BCUT2D eigenvalue weighted by Gasteiger charge is 2.23. The maximum Gasteiger partial charge on any atom is 0.227 e. The number of imidazole rings is 1. The molecule has 0 spiro atoms. The number of hydrogen-bond acceptors (Lipinski definition) is 7. The molecule has 0 aromatic carbocycles. The van der Waals surface area contributed by atoms with E-state index in [1.54, 1.807) is 31.1 Å². The lowest BCUT2D eigenvalue weighted by Crippen LogP contribution is -2.20. The normalized spacial score (nSPS) is 15.7. The van der Waals surface area contributed by atoms with Crippen LogP contribution in [-0.4, -0.2) is 42.9 Å². The number of aromatic nitrogens is 5. The van der Waals surface area contributed by atoms with Crippen LogP contribution in [0.15, 0.2) is 59.2 Å². The number of hydrogen-bond donors (Lipinski definition) is 2. The van der Waals surface area contributed by atoms with Gasteiger partial charge in [-0.3, -0.25) is 24.7 Å². The summed E-state index contributed by atoms with van der Waals surface area (Å²) >= 11 is 0. The minimum absolute atomic E-state index is 0.0669. The molecule has 1 aliphatic carbocycles. The van der Waals surface area contributed by atoms with Gasteiger partial charge in [0.25, 0.3) is 0 Å². The molecule has 34 heavy (non-hydrogen) atoms. The summed E-state index contributed by atoms with van der Waals surface area (Å²) in [4.78, 5) is 42.7. The fraction of sp³-hybridized carbons (Fsp3) is 0.240. The van der Waals surface area contributed by atoms with E-state index in [0.717, 1.165) is 59.1 Å². The lowest BCUT2D eigenvalue weighted by molar-refractivity contribution is -0.119. The van der Waals surface area contributed by atoms with Gasteiger partial charge < -0.3 is 10.3 Å². The zero-order chi connectivity index (χ0) is 22.9. The van der Waals surface area contributed by atoms with Gasteiger partial charge in [-0.15, -0.1) is 0 Å². The van der Waals surface area contributed by atoms with Crippen LogP contribution in [0.4, 0.5) is 5.69 Å². The van der Waals surface area contributed by atoms with Crippen molar-refractivity contribution in [3.63, 3.8) is 0 Å². The van der Waals surface area contributed by atoms with Crippen molar-refractivity contribution in [3.8, 4) is 11.3 Å². The highest BCUT2D eigenvalue weighted by Crippen LogP contribution is 2.28. The lowest BCUT2D eigenvalue weighted by Gasteiger charge is -2.12. The number of rotatable bonds is 4. The van der Waals surface area contributed by atoms with Gasteiger partial charge in [0.05, 0.1) is 41.4 Å². The second-order valence-corrected chi connectivity index (χ2v) is 8.57. The fourth-order valence-corrected chi connectivity index (χ4v) is 4.53. The van der Waals surface area contributed by atoms with E-state index >= 15 is 0 Å². The van der Waals surface area contributed by atoms with Gasteiger partial charge in [-0.2, -0.15) is 0 Å². The van der Waals surface area contributed by atoms with Crippen LogP contribution in [0.3, 0.4) is 0 Å². The average molecular weight is 451 g/mol. The van der Waals surface area contributed by atoms with Crippen molar-refractivity contribution in [2.45, 2.75) is 32.2 Å². The van der Waals surface area contributed by atoms with Crippen molar-refractivity contribution in [1.29, 1.82) is 0 Å². The predicted octanol–water partition coefficient (Wildman–Crippen LogP) is 3.92. The first kappa shape index (κ1) is 20.3. The monoisotopic (exact) mass is 450 g/mol. The SMILES string of the molecule is O=C(Nc1cncc(-c2cc3c(cn2)CN=CN=C3c2nc3ccncc3[nH]2)c1)C1CCCC1. The Labute approximate surface area is 195 Å². The Hall–Kier alpha value is -4.27. The van der Waals surface area contributed by atoms with Crippen LogP contribution in [0.5, 0.6) is 0 Å². The minimum Gasteiger partial charge on any atom is -0.335 e. The first-order valence-corrected chi connectivity index (χ1v) is 11.4. The fourth-order valence-electron chi connectivity index (χ4n) is 4.53. The molecule has 168 valence electrons. The molecule has 4 aromatic heterocycles. The molecule has 0 unspecified atom stereocenters. The molecule has 0 bridgehead atoms. The molecule has 2 N–H and O–H groups in total. The van der Waals surface area contributed by atoms with E-state index in [1.165, 1.54) is 0 Å². The van der Waals surface area contributed by atoms with Crippen LogP contribution >= 0.6 is 0 Å². The van der Waals surface area contributed by atoms with E-state index in [9.17, 15) is 4.79 Å². The zero-order valence-electron chi connectivity index (χ0n) is 18.4. The van der Waals surface area contributed by atoms with Gasteiger partial charge in [-0.1, -0.05) is 12.8 Å². The van der Waals surface area contributed by atoms with Gasteiger partial charge in [-0.25, -0.2) is 9.98 Å². The van der Waals surface area contributed by atoms with Crippen molar-refractivity contribution >= 4 is 34.7 Å². The van der Waals surface area contributed by atoms with E-state index in [4.69, 9.17) is 4.98 Å². The number of aromatic amines is 1. The molecule has 9 nitrogen and oxygen atoms in total. The summed E-state index contributed by atoms with van der Waals surface area (Å²) in [7, 11) is 0. The first-order chi connectivity index (χ1) is 16.7. The summed E-state index contributed by atoms with van der Waals surface area (Å²) < 4.78 is 0. The Kier molecular flexibility index (Phi) is 5.14. The van der Waals surface area contributed by atoms with Crippen molar-refractivity contribution < 1.29 is 4.79 Å². The smallest absolute Gasteiger partial charge is 0.227 e. The van der Waals surface area contributed by atoms with Gasteiger partial charge in [0.2, 0.25) is 5.91 Å². The molecule has 0 saturated heterocycles. The Bertz CT molecular complexity index is 1420. The predicted molar refractivity (Wildman–Crippen MR) is 130 cm³/mol. The van der Waals surface area contributed by atoms with Gasteiger partial charge in [0.15, 0.2) is 5.82 Å². The summed E-state index contributed by atoms with van der Waals surface area (Å²) in [6.07, 6.45) is 14.4. The topological polar surface area (TPSA) is 121 Å². The van der Waals surface area contributed by atoms with Crippen LogP contribution in [0.1, 0.15) is 42.6 Å². The van der Waals surface area contributed by atoms with Crippen LogP contribution in [-0.2, 0) is 11.3 Å². The third-order valence-corrected chi connectivity index (χ3v) is 6.31. The largest absolute Gasteiger partial charge is 0.335 e. The number of pyridine rings is 3. The van der Waals surface area contributed by atoms with Crippen LogP contribution in [0.2, 0.25) is 0 Å². The molecule has 1 fully saturated rings. The summed E-state index contributed by atoms with van der Waals surface area (Å²) in [5.41, 5.74) is 6.42. The number of carbonyl (C=O) groups is 1. The third-order valence-electron chi connectivity index (χ3n) is 6.31. The van der Waals surface area contributed by atoms with Crippen molar-refractivity contribution in [1.82, 2.24) is 24.9 Å². The van der Waals surface area contributed by atoms with Crippen molar-refractivity contribution in [3.05, 3.63) is 66.1 Å². The summed E-state index contributed by atoms with van der Waals surface area (Å²) in [6, 6.07) is 5.75. The Morgan fingerprint density at radius 3 is 2.85 bits per heavy atom. The van der Waals surface area contributed by atoms with Crippen LogP contribution < -0.4 is 5.32 Å². The molecule has 6 rings (SSSR count). The van der Waals surface area contributed by atoms with Gasteiger partial charge >= 0.3 is 0 Å². The lowest BCUT2D eigenvalue weighted by atomic mass is 10.0. The van der Waals surface area contributed by atoms with Crippen molar-refractivity contribution in [2.24, 2.45) is 15.9 Å². The number of H-pyrrole nitrogens is 1. The molecule has 2 aliphatic rings. The standard InChI is InChI=1S/C25H22N8O/c34-25(15-3-1-2-4-15)31-18-7-16(9-27-12-18)21-8-19-17(11-29-21)10-28-14-30-23(19)24-32-20-5-6-26-13-22(20)33-24/h5-9,11-15H,1-4,10H2,(H,31,34)(H,32,33). The zero-order valence-corrected chi connectivity index (χ0v) is 18.4. The highest BCUT2D eigenvalue weighted by atomic mass is 16.1. The Morgan fingerprint density at radius 2 is 1.97 bits per heavy atom. The number of amides is 1. The maximum atomic E-state index is 12.6. The Morgan fingerprint density at radius 1 is 1.06 bits per heavy atom. The first-order valence-electron chi connectivity index (χ1n) is 11.4. The van der Waals surface area contributed by atoms with Crippen LogP contribution in [0, 0.1) is 5.92 Å². The van der Waals surface area contributed by atoms with Gasteiger partial charge in [0.1, 0.15) is 12.1 Å². The number of fused-ring (bicyclic) bond motifs is 2. The van der Waals surface area contributed by atoms with Gasteiger partial charge in [0, 0.05) is 41.2 Å². The summed E-state index contributed by atoms with van der Waals surface area (Å²) in [5.74, 6) is 0.801. The van der Waals surface area contributed by atoms with E-state index in [2.05, 4.69) is 35.2 Å². The average Bonchev–Trinajstić information content (AvgIpc) is 3.50. The van der Waals surface area contributed by atoms with E-state index in [0.29, 0.717) is 23.8 Å². The number of nitrogens with zero attached hydrogens (tertiary/aromatic N) is 6. The quantitative estimate of drug-likeness (QED) is 0.488. The number of aliphatic imine (C=N–C) groups is 2. The van der Waals surface area contributed by atoms with E-state index in [-0.39, 0.29) is 11.8 Å².